The molecule has 1 saturated heterocycles. The van der Waals surface area contributed by atoms with Crippen molar-refractivity contribution in [3.63, 3.8) is 0 Å². The van der Waals surface area contributed by atoms with Crippen LogP contribution in [0.1, 0.15) is 32.0 Å². The molecule has 0 saturated carbocycles. The van der Waals surface area contributed by atoms with E-state index < -0.39 is 0 Å². The summed E-state index contributed by atoms with van der Waals surface area (Å²) in [5.41, 5.74) is 2.45. The number of hydrogen-bond acceptors (Lipinski definition) is 4. The van der Waals surface area contributed by atoms with Crippen LogP contribution in [0, 0.1) is 6.92 Å². The zero-order valence-corrected chi connectivity index (χ0v) is 13.3. The summed E-state index contributed by atoms with van der Waals surface area (Å²) < 4.78 is 0.325. The van der Waals surface area contributed by atoms with Gasteiger partial charge in [-0.2, -0.15) is 11.8 Å². The molecule has 0 aromatic carbocycles. The van der Waals surface area contributed by atoms with Gasteiger partial charge in [-0.3, -0.25) is 0 Å². The lowest BCUT2D eigenvalue weighted by molar-refractivity contribution is 0.640. The lowest BCUT2D eigenvalue weighted by atomic mass is 10.1. The molecular weight excluding hydrogens is 254 g/mol. The van der Waals surface area contributed by atoms with Crippen molar-refractivity contribution in [1.29, 1.82) is 0 Å². The van der Waals surface area contributed by atoms with Crippen LogP contribution in [-0.2, 0) is 6.54 Å². The van der Waals surface area contributed by atoms with Gasteiger partial charge in [0.1, 0.15) is 5.82 Å². The second-order valence-electron chi connectivity index (χ2n) is 5.79. The molecule has 2 heterocycles. The molecule has 0 bridgehead atoms. The Labute approximate surface area is 121 Å². The number of aromatic nitrogens is 1. The third kappa shape index (κ3) is 4.11. The summed E-state index contributed by atoms with van der Waals surface area (Å²) in [4.78, 5) is 7.15. The van der Waals surface area contributed by atoms with E-state index in [9.17, 15) is 0 Å². The van der Waals surface area contributed by atoms with Gasteiger partial charge in [0.25, 0.3) is 0 Å². The summed E-state index contributed by atoms with van der Waals surface area (Å²) >= 11 is 2.06. The van der Waals surface area contributed by atoms with Gasteiger partial charge in [0.15, 0.2) is 0 Å². The molecule has 19 heavy (non-hydrogen) atoms. The number of hydrogen-bond donors (Lipinski definition) is 1. The van der Waals surface area contributed by atoms with E-state index in [1.54, 1.807) is 0 Å². The van der Waals surface area contributed by atoms with Gasteiger partial charge in [-0.25, -0.2) is 4.98 Å². The Morgan fingerprint density at radius 1 is 1.42 bits per heavy atom. The first-order chi connectivity index (χ1) is 9.00. The molecule has 3 nitrogen and oxygen atoms in total. The van der Waals surface area contributed by atoms with Gasteiger partial charge >= 0.3 is 0 Å². The Morgan fingerprint density at radius 3 is 2.89 bits per heavy atom. The van der Waals surface area contributed by atoms with Crippen LogP contribution in [0.15, 0.2) is 12.1 Å². The van der Waals surface area contributed by atoms with E-state index in [0.29, 0.717) is 4.75 Å². The van der Waals surface area contributed by atoms with E-state index in [2.05, 4.69) is 61.8 Å². The number of thioether (sulfide) groups is 1. The molecule has 0 atom stereocenters. The SMILES string of the molecule is CCNCc1cc(C)nc(N2CCSC(C)(C)C2)c1. The van der Waals surface area contributed by atoms with Crippen LogP contribution < -0.4 is 10.2 Å². The first-order valence-electron chi connectivity index (χ1n) is 7.07. The normalized spacial score (nSPS) is 18.6. The van der Waals surface area contributed by atoms with Crippen LogP contribution in [0.2, 0.25) is 0 Å². The van der Waals surface area contributed by atoms with E-state index in [1.807, 2.05) is 0 Å². The summed E-state index contributed by atoms with van der Waals surface area (Å²) in [7, 11) is 0. The summed E-state index contributed by atoms with van der Waals surface area (Å²) in [5.74, 6) is 2.33. The van der Waals surface area contributed by atoms with Crippen LogP contribution in [0.4, 0.5) is 5.82 Å². The van der Waals surface area contributed by atoms with Crippen molar-refractivity contribution in [2.75, 3.05) is 30.3 Å². The fourth-order valence-electron chi connectivity index (χ4n) is 2.47. The summed E-state index contributed by atoms with van der Waals surface area (Å²) in [6.07, 6.45) is 0. The van der Waals surface area contributed by atoms with E-state index in [0.717, 1.165) is 37.7 Å². The highest BCUT2D eigenvalue weighted by atomic mass is 32.2. The molecule has 4 heteroatoms. The first kappa shape index (κ1) is 14.7. The van der Waals surface area contributed by atoms with E-state index in [4.69, 9.17) is 4.98 Å². The summed E-state index contributed by atoms with van der Waals surface area (Å²) in [5, 5.41) is 3.39. The zero-order chi connectivity index (χ0) is 13.9. The Morgan fingerprint density at radius 2 is 2.21 bits per heavy atom. The number of nitrogens with one attached hydrogen (secondary N) is 1. The number of rotatable bonds is 4. The van der Waals surface area contributed by atoms with Gasteiger partial charge in [0, 0.05) is 35.8 Å². The van der Waals surface area contributed by atoms with Crippen LogP contribution in [0.3, 0.4) is 0 Å². The fraction of sp³-hybridized carbons (Fsp3) is 0.667. The van der Waals surface area contributed by atoms with Crippen LogP contribution in [0.25, 0.3) is 0 Å². The van der Waals surface area contributed by atoms with Gasteiger partial charge in [0.2, 0.25) is 0 Å². The lowest BCUT2D eigenvalue weighted by Gasteiger charge is -2.38. The third-order valence-electron chi connectivity index (χ3n) is 3.33. The molecule has 0 radical (unpaired) electrons. The minimum Gasteiger partial charge on any atom is -0.354 e. The minimum absolute atomic E-state index is 0.325. The van der Waals surface area contributed by atoms with Crippen molar-refractivity contribution >= 4 is 17.6 Å². The number of pyridine rings is 1. The van der Waals surface area contributed by atoms with E-state index in [1.165, 1.54) is 11.3 Å². The molecule has 1 aliphatic rings. The average Bonchev–Trinajstić information content (AvgIpc) is 2.34. The monoisotopic (exact) mass is 279 g/mol. The standard InChI is InChI=1S/C15H25N3S/c1-5-16-10-13-8-12(2)17-14(9-13)18-6-7-19-15(3,4)11-18/h8-9,16H,5-7,10-11H2,1-4H3. The maximum absolute atomic E-state index is 4.72. The second kappa shape index (κ2) is 6.14. The van der Waals surface area contributed by atoms with Crippen molar-refractivity contribution in [1.82, 2.24) is 10.3 Å². The molecular formula is C15H25N3S. The molecule has 0 spiro atoms. The van der Waals surface area contributed by atoms with Crippen molar-refractivity contribution in [2.45, 2.75) is 39.0 Å². The fourth-order valence-corrected chi connectivity index (χ4v) is 3.58. The molecule has 0 amide bonds. The number of nitrogens with zero attached hydrogens (tertiary/aromatic N) is 2. The van der Waals surface area contributed by atoms with Gasteiger partial charge in [0.05, 0.1) is 0 Å². The molecule has 1 aromatic rings. The third-order valence-corrected chi connectivity index (χ3v) is 4.63. The Hall–Kier alpha value is -0.740. The average molecular weight is 279 g/mol. The van der Waals surface area contributed by atoms with Crippen molar-refractivity contribution in [2.24, 2.45) is 0 Å². The lowest BCUT2D eigenvalue weighted by Crippen LogP contribution is -2.43. The Balaban J connectivity index is 2.16. The Bertz CT molecular complexity index is 431. The quantitative estimate of drug-likeness (QED) is 0.917. The molecule has 0 unspecified atom stereocenters. The largest absolute Gasteiger partial charge is 0.354 e. The molecule has 1 N–H and O–H groups in total. The topological polar surface area (TPSA) is 28.2 Å². The highest BCUT2D eigenvalue weighted by Crippen LogP contribution is 2.31. The van der Waals surface area contributed by atoms with Gasteiger partial charge in [-0.05, 0) is 45.0 Å². The molecule has 1 aromatic heterocycles. The van der Waals surface area contributed by atoms with Crippen LogP contribution >= 0.6 is 11.8 Å². The summed E-state index contributed by atoms with van der Waals surface area (Å²) in [6, 6.07) is 4.41. The van der Waals surface area contributed by atoms with Crippen molar-refractivity contribution in [3.05, 3.63) is 23.4 Å². The highest BCUT2D eigenvalue weighted by Gasteiger charge is 2.27. The maximum Gasteiger partial charge on any atom is 0.129 e. The summed E-state index contributed by atoms with van der Waals surface area (Å²) in [6.45, 7) is 13.0. The molecule has 1 aliphatic heterocycles. The van der Waals surface area contributed by atoms with Crippen LogP contribution in [-0.4, -0.2) is 35.1 Å². The van der Waals surface area contributed by atoms with Gasteiger partial charge in [-0.1, -0.05) is 6.92 Å². The number of anilines is 1. The minimum atomic E-state index is 0.325. The zero-order valence-electron chi connectivity index (χ0n) is 12.5. The molecule has 0 aliphatic carbocycles. The second-order valence-corrected chi connectivity index (χ2v) is 7.59. The van der Waals surface area contributed by atoms with Crippen molar-refractivity contribution < 1.29 is 0 Å². The highest BCUT2D eigenvalue weighted by molar-refractivity contribution is 8.00. The smallest absolute Gasteiger partial charge is 0.129 e. The molecule has 1 fully saturated rings. The van der Waals surface area contributed by atoms with Crippen molar-refractivity contribution in [3.8, 4) is 0 Å². The maximum atomic E-state index is 4.72. The Kier molecular flexibility index (Phi) is 4.74. The molecule has 2 rings (SSSR count). The molecule has 106 valence electrons. The van der Waals surface area contributed by atoms with E-state index >= 15 is 0 Å². The predicted octanol–water partition coefficient (Wildman–Crippen LogP) is 2.83. The predicted molar refractivity (Wildman–Crippen MR) is 85.1 cm³/mol. The van der Waals surface area contributed by atoms with Gasteiger partial charge < -0.3 is 10.2 Å². The van der Waals surface area contributed by atoms with Gasteiger partial charge in [-0.15, -0.1) is 0 Å². The first-order valence-corrected chi connectivity index (χ1v) is 8.06. The van der Waals surface area contributed by atoms with Crippen LogP contribution in [0.5, 0.6) is 0 Å². The number of aryl methyl sites for hydroxylation is 1. The van der Waals surface area contributed by atoms with E-state index in [-0.39, 0.29) is 0 Å².